The first-order valence-electron chi connectivity index (χ1n) is 4.75. The van der Waals surface area contributed by atoms with Gasteiger partial charge in [-0.05, 0) is 18.6 Å². The van der Waals surface area contributed by atoms with Gasteiger partial charge in [-0.25, -0.2) is 0 Å². The Labute approximate surface area is 90.3 Å². The summed E-state index contributed by atoms with van der Waals surface area (Å²) in [6.45, 7) is 2.44. The van der Waals surface area contributed by atoms with Gasteiger partial charge in [-0.2, -0.15) is 0 Å². The van der Waals surface area contributed by atoms with Crippen molar-refractivity contribution in [3.8, 4) is 5.75 Å². The van der Waals surface area contributed by atoms with Crippen LogP contribution in [0.4, 0.5) is 0 Å². The minimum absolute atomic E-state index is 0.228. The van der Waals surface area contributed by atoms with Crippen LogP contribution in [0.5, 0.6) is 5.75 Å². The lowest BCUT2D eigenvalue weighted by Crippen LogP contribution is -2.26. The van der Waals surface area contributed by atoms with Crippen LogP contribution in [0.1, 0.15) is 5.56 Å². The zero-order chi connectivity index (χ0) is 11.7. The standard InChI is InChI=1S/C10H15NO2.CH4O/c1-8-4-2-3-5-10(8)13-7-9(12)6-11;1-2/h2-5,9,12H,6-7,11H2,1H3;2H,1H3. The van der Waals surface area contributed by atoms with E-state index in [1.807, 2.05) is 31.2 Å². The quantitative estimate of drug-likeness (QED) is 0.672. The summed E-state index contributed by atoms with van der Waals surface area (Å²) in [5.41, 5.74) is 6.31. The molecule has 0 aliphatic carbocycles. The number of ether oxygens (including phenoxy) is 1. The minimum Gasteiger partial charge on any atom is -0.491 e. The summed E-state index contributed by atoms with van der Waals surface area (Å²) < 4.78 is 5.36. The second-order valence-electron chi connectivity index (χ2n) is 2.97. The van der Waals surface area contributed by atoms with E-state index in [-0.39, 0.29) is 13.2 Å². The molecule has 0 bridgehead atoms. The van der Waals surface area contributed by atoms with Gasteiger partial charge in [0, 0.05) is 13.7 Å². The van der Waals surface area contributed by atoms with Crippen molar-refractivity contribution >= 4 is 0 Å². The molecule has 4 N–H and O–H groups in total. The van der Waals surface area contributed by atoms with Gasteiger partial charge in [-0.3, -0.25) is 0 Å². The Balaban J connectivity index is 0.000000921. The predicted octanol–water partition coefficient (Wildman–Crippen LogP) is 0.302. The van der Waals surface area contributed by atoms with Gasteiger partial charge in [0.2, 0.25) is 0 Å². The molecule has 0 saturated carbocycles. The molecule has 1 rings (SSSR count). The van der Waals surface area contributed by atoms with Crippen molar-refractivity contribution in [2.45, 2.75) is 13.0 Å². The van der Waals surface area contributed by atoms with Gasteiger partial charge in [0.1, 0.15) is 18.5 Å². The molecular weight excluding hydrogens is 194 g/mol. The lowest BCUT2D eigenvalue weighted by Gasteiger charge is -2.11. The Hall–Kier alpha value is -1.10. The van der Waals surface area contributed by atoms with Crippen LogP contribution < -0.4 is 10.5 Å². The topological polar surface area (TPSA) is 75.7 Å². The number of rotatable bonds is 4. The fourth-order valence-electron chi connectivity index (χ4n) is 0.972. The molecule has 0 aliphatic heterocycles. The van der Waals surface area contributed by atoms with Crippen LogP contribution in [0.15, 0.2) is 24.3 Å². The van der Waals surface area contributed by atoms with Crippen LogP contribution in [0, 0.1) is 6.92 Å². The van der Waals surface area contributed by atoms with Crippen molar-refractivity contribution < 1.29 is 14.9 Å². The van der Waals surface area contributed by atoms with Crippen molar-refractivity contribution in [1.29, 1.82) is 0 Å². The fraction of sp³-hybridized carbons (Fsp3) is 0.455. The van der Waals surface area contributed by atoms with Crippen LogP contribution in [0.25, 0.3) is 0 Å². The molecule has 0 aromatic heterocycles. The number of nitrogens with two attached hydrogens (primary N) is 1. The molecule has 0 fully saturated rings. The third-order valence-corrected chi connectivity index (χ3v) is 1.80. The van der Waals surface area contributed by atoms with E-state index in [1.54, 1.807) is 0 Å². The largest absolute Gasteiger partial charge is 0.491 e. The highest BCUT2D eigenvalue weighted by Gasteiger charge is 2.03. The Morgan fingerprint density at radius 3 is 2.47 bits per heavy atom. The first-order valence-corrected chi connectivity index (χ1v) is 4.75. The molecule has 0 heterocycles. The normalized spacial score (nSPS) is 11.3. The summed E-state index contributed by atoms with van der Waals surface area (Å²) in [4.78, 5) is 0. The van der Waals surface area contributed by atoms with Gasteiger partial charge >= 0.3 is 0 Å². The molecule has 4 nitrogen and oxygen atoms in total. The first kappa shape index (κ1) is 13.9. The van der Waals surface area contributed by atoms with E-state index >= 15 is 0 Å². The Morgan fingerprint density at radius 2 is 1.93 bits per heavy atom. The highest BCUT2D eigenvalue weighted by atomic mass is 16.5. The summed E-state index contributed by atoms with van der Waals surface area (Å²) >= 11 is 0. The Bertz CT molecular complexity index is 266. The molecule has 15 heavy (non-hydrogen) atoms. The molecular formula is C11H19NO3. The van der Waals surface area contributed by atoms with Crippen molar-refractivity contribution in [3.05, 3.63) is 29.8 Å². The van der Waals surface area contributed by atoms with E-state index < -0.39 is 6.10 Å². The van der Waals surface area contributed by atoms with Crippen molar-refractivity contribution in [2.75, 3.05) is 20.3 Å². The zero-order valence-corrected chi connectivity index (χ0v) is 9.18. The number of hydrogen-bond donors (Lipinski definition) is 3. The number of benzene rings is 1. The van der Waals surface area contributed by atoms with E-state index in [1.165, 1.54) is 0 Å². The maximum absolute atomic E-state index is 9.16. The molecule has 1 unspecified atom stereocenters. The van der Waals surface area contributed by atoms with Crippen LogP contribution in [0.3, 0.4) is 0 Å². The molecule has 0 radical (unpaired) electrons. The molecule has 4 heteroatoms. The van der Waals surface area contributed by atoms with E-state index in [9.17, 15) is 0 Å². The molecule has 1 aromatic rings. The third-order valence-electron chi connectivity index (χ3n) is 1.80. The van der Waals surface area contributed by atoms with Crippen molar-refractivity contribution in [2.24, 2.45) is 5.73 Å². The van der Waals surface area contributed by atoms with E-state index in [0.717, 1.165) is 18.4 Å². The highest BCUT2D eigenvalue weighted by Crippen LogP contribution is 2.15. The molecule has 1 atom stereocenters. The number of aliphatic hydroxyl groups is 2. The van der Waals surface area contributed by atoms with Crippen LogP contribution in [0.2, 0.25) is 0 Å². The molecule has 0 aliphatic rings. The fourth-order valence-corrected chi connectivity index (χ4v) is 0.972. The average molecular weight is 213 g/mol. The molecule has 1 aromatic carbocycles. The summed E-state index contributed by atoms with van der Waals surface area (Å²) in [5.74, 6) is 0.801. The SMILES string of the molecule is CO.Cc1ccccc1OCC(O)CN. The van der Waals surface area contributed by atoms with Crippen LogP contribution >= 0.6 is 0 Å². The summed E-state index contributed by atoms with van der Waals surface area (Å²) in [6.07, 6.45) is -0.584. The Kier molecular flexibility index (Phi) is 7.62. The zero-order valence-electron chi connectivity index (χ0n) is 9.18. The van der Waals surface area contributed by atoms with Crippen molar-refractivity contribution in [3.63, 3.8) is 0 Å². The lowest BCUT2D eigenvalue weighted by atomic mass is 10.2. The van der Waals surface area contributed by atoms with E-state index in [0.29, 0.717) is 0 Å². The van der Waals surface area contributed by atoms with Crippen LogP contribution in [-0.2, 0) is 0 Å². The lowest BCUT2D eigenvalue weighted by molar-refractivity contribution is 0.114. The van der Waals surface area contributed by atoms with E-state index in [4.69, 9.17) is 20.7 Å². The second-order valence-corrected chi connectivity index (χ2v) is 2.97. The summed E-state index contributed by atoms with van der Waals surface area (Å²) in [7, 11) is 1.00. The number of aryl methyl sites for hydroxylation is 1. The number of aliphatic hydroxyl groups excluding tert-OH is 2. The second kappa shape index (κ2) is 8.23. The van der Waals surface area contributed by atoms with Crippen LogP contribution in [-0.4, -0.2) is 36.6 Å². The highest BCUT2D eigenvalue weighted by molar-refractivity contribution is 5.31. The van der Waals surface area contributed by atoms with Gasteiger partial charge in [0.25, 0.3) is 0 Å². The molecule has 0 spiro atoms. The van der Waals surface area contributed by atoms with Gasteiger partial charge in [0.05, 0.1) is 0 Å². The Morgan fingerprint density at radius 1 is 1.33 bits per heavy atom. The third kappa shape index (κ3) is 5.37. The minimum atomic E-state index is -0.584. The molecule has 86 valence electrons. The monoisotopic (exact) mass is 213 g/mol. The van der Waals surface area contributed by atoms with Gasteiger partial charge < -0.3 is 20.7 Å². The molecule has 0 saturated heterocycles. The maximum Gasteiger partial charge on any atom is 0.122 e. The summed E-state index contributed by atoms with van der Waals surface area (Å²) in [5, 5.41) is 16.2. The van der Waals surface area contributed by atoms with Crippen molar-refractivity contribution in [1.82, 2.24) is 0 Å². The number of para-hydroxylation sites is 1. The summed E-state index contributed by atoms with van der Waals surface area (Å²) in [6, 6.07) is 7.68. The molecule has 0 amide bonds. The van der Waals surface area contributed by atoms with Gasteiger partial charge in [-0.1, -0.05) is 18.2 Å². The average Bonchev–Trinajstić information content (AvgIpc) is 2.30. The van der Waals surface area contributed by atoms with E-state index in [2.05, 4.69) is 0 Å². The first-order chi connectivity index (χ1) is 7.24. The predicted molar refractivity (Wildman–Crippen MR) is 59.9 cm³/mol. The number of hydrogen-bond acceptors (Lipinski definition) is 4. The maximum atomic E-state index is 9.16. The van der Waals surface area contributed by atoms with Gasteiger partial charge in [-0.15, -0.1) is 0 Å². The van der Waals surface area contributed by atoms with Gasteiger partial charge in [0.15, 0.2) is 0 Å². The smallest absolute Gasteiger partial charge is 0.122 e.